The Hall–Kier alpha value is -1.59. The Morgan fingerprint density at radius 1 is 1.20 bits per heavy atom. The van der Waals surface area contributed by atoms with E-state index < -0.39 is 0 Å². The number of morpholine rings is 1. The molecule has 2 saturated heterocycles. The zero-order chi connectivity index (χ0) is 17.6. The number of carbonyl (C=O) groups is 1. The van der Waals surface area contributed by atoms with Crippen molar-refractivity contribution < 1.29 is 14.3 Å². The van der Waals surface area contributed by atoms with Crippen LogP contribution in [-0.2, 0) is 15.9 Å². The van der Waals surface area contributed by atoms with Crippen LogP contribution in [0.25, 0.3) is 0 Å². The molecule has 2 aliphatic heterocycles. The molecule has 2 aliphatic rings. The topological polar surface area (TPSA) is 50.8 Å². The first kappa shape index (κ1) is 18.2. The summed E-state index contributed by atoms with van der Waals surface area (Å²) in [4.78, 5) is 14.5. The van der Waals surface area contributed by atoms with Gasteiger partial charge in [-0.25, -0.2) is 4.79 Å². The zero-order valence-corrected chi connectivity index (χ0v) is 15.3. The summed E-state index contributed by atoms with van der Waals surface area (Å²) in [5.41, 5.74) is 1.32. The van der Waals surface area contributed by atoms with Gasteiger partial charge in [0.25, 0.3) is 0 Å². The molecule has 2 heterocycles. The number of urea groups is 1. The normalized spacial score (nSPS) is 30.1. The average molecular weight is 346 g/mol. The lowest BCUT2D eigenvalue weighted by molar-refractivity contribution is -0.0432. The van der Waals surface area contributed by atoms with Crippen molar-refractivity contribution in [2.45, 2.75) is 63.9 Å². The van der Waals surface area contributed by atoms with Crippen LogP contribution in [0.15, 0.2) is 30.3 Å². The lowest BCUT2D eigenvalue weighted by atomic mass is 10.00. The minimum Gasteiger partial charge on any atom is -0.375 e. The van der Waals surface area contributed by atoms with Gasteiger partial charge in [0.15, 0.2) is 0 Å². The Morgan fingerprint density at radius 3 is 2.64 bits per heavy atom. The fraction of sp³-hybridized carbons (Fsp3) is 0.650. The van der Waals surface area contributed by atoms with Crippen LogP contribution in [0.1, 0.15) is 38.7 Å². The highest BCUT2D eigenvalue weighted by Gasteiger charge is 2.29. The van der Waals surface area contributed by atoms with E-state index in [9.17, 15) is 4.79 Å². The summed E-state index contributed by atoms with van der Waals surface area (Å²) in [6, 6.07) is 10.7. The van der Waals surface area contributed by atoms with Crippen molar-refractivity contribution in [2.24, 2.45) is 0 Å². The molecule has 0 aliphatic carbocycles. The molecule has 0 bridgehead atoms. The minimum absolute atomic E-state index is 0.0410. The first-order valence-corrected chi connectivity index (χ1v) is 9.46. The van der Waals surface area contributed by atoms with E-state index >= 15 is 0 Å². The Labute approximate surface area is 150 Å². The van der Waals surface area contributed by atoms with Crippen LogP contribution >= 0.6 is 0 Å². The summed E-state index contributed by atoms with van der Waals surface area (Å²) < 4.78 is 11.6. The molecule has 138 valence electrons. The van der Waals surface area contributed by atoms with Crippen molar-refractivity contribution in [2.75, 3.05) is 19.7 Å². The van der Waals surface area contributed by atoms with Crippen LogP contribution in [0.3, 0.4) is 0 Å². The summed E-state index contributed by atoms with van der Waals surface area (Å²) >= 11 is 0. The van der Waals surface area contributed by atoms with Gasteiger partial charge in [-0.1, -0.05) is 30.3 Å². The van der Waals surface area contributed by atoms with Crippen LogP contribution in [0.5, 0.6) is 0 Å². The van der Waals surface area contributed by atoms with Crippen LogP contribution in [0, 0.1) is 0 Å². The van der Waals surface area contributed by atoms with E-state index in [4.69, 9.17) is 9.47 Å². The van der Waals surface area contributed by atoms with E-state index in [-0.39, 0.29) is 30.4 Å². The third kappa shape index (κ3) is 5.44. The smallest absolute Gasteiger partial charge is 0.317 e. The van der Waals surface area contributed by atoms with E-state index in [0.717, 1.165) is 25.7 Å². The molecule has 3 rings (SSSR count). The quantitative estimate of drug-likeness (QED) is 0.912. The lowest BCUT2D eigenvalue weighted by Crippen LogP contribution is -2.53. The molecule has 5 nitrogen and oxygen atoms in total. The SMILES string of the molecule is C[C@@H]1CC(NC(=O)N2CCO[C@@H](CCc3ccccc3)C2)C[C@H](C)O1. The van der Waals surface area contributed by atoms with E-state index in [2.05, 4.69) is 43.4 Å². The number of carbonyl (C=O) groups excluding carboxylic acids is 1. The molecule has 0 radical (unpaired) electrons. The fourth-order valence-electron chi connectivity index (χ4n) is 3.84. The number of ether oxygens (including phenoxy) is 2. The molecule has 1 unspecified atom stereocenters. The number of rotatable bonds is 4. The average Bonchev–Trinajstić information content (AvgIpc) is 2.60. The summed E-state index contributed by atoms with van der Waals surface area (Å²) in [7, 11) is 0. The first-order chi connectivity index (χ1) is 12.1. The molecule has 0 aromatic heterocycles. The largest absolute Gasteiger partial charge is 0.375 e. The monoisotopic (exact) mass is 346 g/mol. The van der Waals surface area contributed by atoms with Gasteiger partial charge in [-0.05, 0) is 45.1 Å². The number of hydrogen-bond donors (Lipinski definition) is 1. The van der Waals surface area contributed by atoms with E-state index in [0.29, 0.717) is 19.7 Å². The van der Waals surface area contributed by atoms with Gasteiger partial charge in [0.2, 0.25) is 0 Å². The van der Waals surface area contributed by atoms with Gasteiger partial charge >= 0.3 is 6.03 Å². The van der Waals surface area contributed by atoms with Gasteiger partial charge in [-0.2, -0.15) is 0 Å². The van der Waals surface area contributed by atoms with Crippen molar-refractivity contribution >= 4 is 6.03 Å². The van der Waals surface area contributed by atoms with Crippen LogP contribution < -0.4 is 5.32 Å². The van der Waals surface area contributed by atoms with Crippen molar-refractivity contribution in [3.05, 3.63) is 35.9 Å². The van der Waals surface area contributed by atoms with Gasteiger partial charge < -0.3 is 19.7 Å². The van der Waals surface area contributed by atoms with Crippen LogP contribution in [0.2, 0.25) is 0 Å². The number of benzene rings is 1. The van der Waals surface area contributed by atoms with Crippen molar-refractivity contribution in [1.29, 1.82) is 0 Å². The Kier molecular flexibility index (Phi) is 6.32. The fourth-order valence-corrected chi connectivity index (χ4v) is 3.84. The van der Waals surface area contributed by atoms with Crippen LogP contribution in [0.4, 0.5) is 4.79 Å². The summed E-state index contributed by atoms with van der Waals surface area (Å²) in [6.07, 6.45) is 4.23. The van der Waals surface area contributed by atoms with Gasteiger partial charge in [-0.3, -0.25) is 0 Å². The van der Waals surface area contributed by atoms with E-state index in [1.165, 1.54) is 5.56 Å². The van der Waals surface area contributed by atoms with Crippen molar-refractivity contribution in [3.8, 4) is 0 Å². The molecular weight excluding hydrogens is 316 g/mol. The number of nitrogens with one attached hydrogen (secondary N) is 1. The highest BCUT2D eigenvalue weighted by molar-refractivity contribution is 5.74. The second kappa shape index (κ2) is 8.68. The second-order valence-corrected chi connectivity index (χ2v) is 7.34. The number of hydrogen-bond acceptors (Lipinski definition) is 3. The molecule has 0 saturated carbocycles. The Balaban J connectivity index is 1.46. The standard InChI is InChI=1S/C20H30N2O3/c1-15-12-18(13-16(2)25-15)21-20(23)22-10-11-24-19(14-22)9-8-17-6-4-3-5-7-17/h3-7,15-16,18-19H,8-14H2,1-2H3,(H,21,23)/t15-,16+,18?,19-/m0/s1. The Morgan fingerprint density at radius 2 is 1.92 bits per heavy atom. The van der Waals surface area contributed by atoms with Crippen molar-refractivity contribution in [1.82, 2.24) is 10.2 Å². The molecule has 4 atom stereocenters. The number of nitrogens with zero attached hydrogens (tertiary/aromatic N) is 1. The maximum atomic E-state index is 12.6. The molecule has 2 amide bonds. The summed E-state index contributed by atoms with van der Waals surface area (Å²) in [5, 5.41) is 3.20. The molecule has 5 heteroatoms. The minimum atomic E-state index is 0.0410. The first-order valence-electron chi connectivity index (χ1n) is 9.46. The molecule has 1 aromatic rings. The summed E-state index contributed by atoms with van der Waals surface area (Å²) in [6.45, 7) is 6.11. The van der Waals surface area contributed by atoms with Gasteiger partial charge in [-0.15, -0.1) is 0 Å². The lowest BCUT2D eigenvalue weighted by Gasteiger charge is -2.36. The van der Waals surface area contributed by atoms with Crippen LogP contribution in [-0.4, -0.2) is 55.0 Å². The van der Waals surface area contributed by atoms with E-state index in [1.54, 1.807) is 0 Å². The maximum absolute atomic E-state index is 12.6. The molecule has 1 N–H and O–H groups in total. The van der Waals surface area contributed by atoms with Gasteiger partial charge in [0, 0.05) is 19.1 Å². The number of amides is 2. The Bertz CT molecular complexity index is 541. The summed E-state index contributed by atoms with van der Waals surface area (Å²) in [5.74, 6) is 0. The van der Waals surface area contributed by atoms with Crippen molar-refractivity contribution in [3.63, 3.8) is 0 Å². The molecule has 2 fully saturated rings. The highest BCUT2D eigenvalue weighted by atomic mass is 16.5. The highest BCUT2D eigenvalue weighted by Crippen LogP contribution is 2.20. The molecule has 1 aromatic carbocycles. The van der Waals surface area contributed by atoms with Gasteiger partial charge in [0.05, 0.1) is 24.9 Å². The third-order valence-electron chi connectivity index (χ3n) is 5.05. The zero-order valence-electron chi connectivity index (χ0n) is 15.3. The third-order valence-corrected chi connectivity index (χ3v) is 5.05. The number of aryl methyl sites for hydroxylation is 1. The second-order valence-electron chi connectivity index (χ2n) is 7.34. The maximum Gasteiger partial charge on any atom is 0.317 e. The van der Waals surface area contributed by atoms with E-state index in [1.807, 2.05) is 11.0 Å². The predicted octanol–water partition coefficient (Wildman–Crippen LogP) is 2.99. The molecule has 25 heavy (non-hydrogen) atoms. The predicted molar refractivity (Wildman–Crippen MR) is 97.6 cm³/mol. The molecular formula is C20H30N2O3. The molecule has 0 spiro atoms. The van der Waals surface area contributed by atoms with Gasteiger partial charge in [0.1, 0.15) is 0 Å².